The Morgan fingerprint density at radius 2 is 2.08 bits per heavy atom. The predicted octanol–water partition coefficient (Wildman–Crippen LogP) is 1.87. The Kier molecular flexibility index (Phi) is 5.85. The van der Waals surface area contributed by atoms with Crippen LogP contribution in [0.1, 0.15) is 24.1 Å². The van der Waals surface area contributed by atoms with Crippen LogP contribution in [-0.4, -0.2) is 28.7 Å². The van der Waals surface area contributed by atoms with Crippen LogP contribution in [0.25, 0.3) is 0 Å². The molecule has 3 N–H and O–H groups in total. The first kappa shape index (κ1) is 18.3. The minimum atomic E-state index is -0.516. The van der Waals surface area contributed by atoms with E-state index in [-0.39, 0.29) is 24.1 Å². The van der Waals surface area contributed by atoms with Gasteiger partial charge in [-0.3, -0.25) is 14.4 Å². The van der Waals surface area contributed by atoms with E-state index in [0.717, 1.165) is 5.56 Å². The van der Waals surface area contributed by atoms with Gasteiger partial charge in [-0.05, 0) is 24.1 Å². The van der Waals surface area contributed by atoms with Crippen LogP contribution < -0.4 is 16.0 Å². The number of nitrogens with zero attached hydrogens (tertiary/aromatic N) is 1. The third kappa shape index (κ3) is 5.03. The maximum absolute atomic E-state index is 12.0. The number of carbonyl (C=O) groups excluding carboxylic acids is 3. The number of carbonyl (C=O) groups is 3. The van der Waals surface area contributed by atoms with E-state index in [9.17, 15) is 14.4 Å². The van der Waals surface area contributed by atoms with Crippen molar-refractivity contribution in [1.29, 1.82) is 0 Å². The number of halogens is 1. The third-order valence-electron chi connectivity index (χ3n) is 3.84. The lowest BCUT2D eigenvalue weighted by molar-refractivity contribution is -0.122. The highest BCUT2D eigenvalue weighted by Crippen LogP contribution is 2.17. The maximum atomic E-state index is 12.0. The van der Waals surface area contributed by atoms with E-state index in [4.69, 9.17) is 11.6 Å². The van der Waals surface area contributed by atoms with Crippen LogP contribution in [0.5, 0.6) is 0 Å². The summed E-state index contributed by atoms with van der Waals surface area (Å²) in [6.45, 7) is 0.408. The first-order chi connectivity index (χ1) is 12.5. The standard InChI is InChI=1S/C17H17ClN4O3S/c18-11-3-1-10(2-4-11)8-19-15(24)7-12-9-26-17(20-12)22-16(25)13-5-6-14(23)21-13/h1-4,9,13H,5-8H2,(H,19,24)(H,21,23)(H,20,22,25)/t13-/m0/s1. The highest BCUT2D eigenvalue weighted by Gasteiger charge is 2.27. The number of hydrogen-bond donors (Lipinski definition) is 3. The van der Waals surface area contributed by atoms with Gasteiger partial charge >= 0.3 is 0 Å². The Morgan fingerprint density at radius 3 is 2.77 bits per heavy atom. The lowest BCUT2D eigenvalue weighted by atomic mass is 10.2. The molecule has 26 heavy (non-hydrogen) atoms. The number of thiazole rings is 1. The van der Waals surface area contributed by atoms with E-state index >= 15 is 0 Å². The van der Waals surface area contributed by atoms with Gasteiger partial charge in [-0.1, -0.05) is 23.7 Å². The molecule has 0 spiro atoms. The fourth-order valence-corrected chi connectivity index (χ4v) is 3.32. The van der Waals surface area contributed by atoms with Crippen LogP contribution in [0.2, 0.25) is 5.02 Å². The quantitative estimate of drug-likeness (QED) is 0.698. The van der Waals surface area contributed by atoms with Crippen molar-refractivity contribution in [2.45, 2.75) is 31.8 Å². The molecule has 0 unspecified atom stereocenters. The van der Waals surface area contributed by atoms with Gasteiger partial charge in [-0.2, -0.15) is 0 Å². The Balaban J connectivity index is 1.46. The Bertz CT molecular complexity index is 822. The van der Waals surface area contributed by atoms with E-state index < -0.39 is 6.04 Å². The van der Waals surface area contributed by atoms with E-state index in [0.29, 0.717) is 35.2 Å². The molecule has 1 saturated heterocycles. The number of rotatable bonds is 6. The molecule has 9 heteroatoms. The van der Waals surface area contributed by atoms with Crippen molar-refractivity contribution in [2.24, 2.45) is 0 Å². The number of anilines is 1. The molecule has 2 heterocycles. The molecule has 0 aliphatic carbocycles. The van der Waals surface area contributed by atoms with Gasteiger partial charge in [0.2, 0.25) is 17.7 Å². The first-order valence-corrected chi connectivity index (χ1v) is 9.31. The summed E-state index contributed by atoms with van der Waals surface area (Å²) in [6, 6.07) is 6.72. The van der Waals surface area contributed by atoms with Crippen molar-refractivity contribution in [3.8, 4) is 0 Å². The molecule has 0 bridgehead atoms. The topological polar surface area (TPSA) is 100 Å². The minimum Gasteiger partial charge on any atom is -0.352 e. The van der Waals surface area contributed by atoms with Crippen molar-refractivity contribution in [2.75, 3.05) is 5.32 Å². The largest absolute Gasteiger partial charge is 0.352 e. The van der Waals surface area contributed by atoms with E-state index in [1.165, 1.54) is 11.3 Å². The Labute approximate surface area is 159 Å². The molecule has 1 atom stereocenters. The summed E-state index contributed by atoms with van der Waals surface area (Å²) in [7, 11) is 0. The van der Waals surface area contributed by atoms with E-state index in [1.54, 1.807) is 17.5 Å². The van der Waals surface area contributed by atoms with Crippen LogP contribution in [0, 0.1) is 0 Å². The summed E-state index contributed by atoms with van der Waals surface area (Å²) in [5, 5.41) is 10.9. The lowest BCUT2D eigenvalue weighted by Crippen LogP contribution is -2.37. The fourth-order valence-electron chi connectivity index (χ4n) is 2.48. The number of benzene rings is 1. The van der Waals surface area contributed by atoms with Crippen molar-refractivity contribution in [3.63, 3.8) is 0 Å². The highest BCUT2D eigenvalue weighted by atomic mass is 35.5. The number of amides is 3. The molecule has 7 nitrogen and oxygen atoms in total. The van der Waals surface area contributed by atoms with Crippen LogP contribution in [0.3, 0.4) is 0 Å². The zero-order valence-corrected chi connectivity index (χ0v) is 15.3. The predicted molar refractivity (Wildman–Crippen MR) is 98.9 cm³/mol. The van der Waals surface area contributed by atoms with Crippen molar-refractivity contribution in [3.05, 3.63) is 45.9 Å². The third-order valence-corrected chi connectivity index (χ3v) is 4.90. The average molecular weight is 393 g/mol. The summed E-state index contributed by atoms with van der Waals surface area (Å²) in [5.41, 5.74) is 1.53. The van der Waals surface area contributed by atoms with Crippen LogP contribution in [-0.2, 0) is 27.3 Å². The fraction of sp³-hybridized carbons (Fsp3) is 0.294. The van der Waals surface area contributed by atoms with Gasteiger partial charge in [0, 0.05) is 23.4 Å². The minimum absolute atomic E-state index is 0.123. The number of hydrogen-bond acceptors (Lipinski definition) is 5. The molecule has 0 radical (unpaired) electrons. The van der Waals surface area contributed by atoms with E-state index in [1.807, 2.05) is 12.1 Å². The summed E-state index contributed by atoms with van der Waals surface area (Å²) in [6.07, 6.45) is 0.963. The SMILES string of the molecule is O=C(Cc1csc(NC(=O)[C@@H]2CCC(=O)N2)n1)NCc1ccc(Cl)cc1. The molecule has 2 aromatic rings. The molecule has 1 aromatic heterocycles. The first-order valence-electron chi connectivity index (χ1n) is 8.05. The van der Waals surface area contributed by atoms with Gasteiger partial charge in [0.05, 0.1) is 12.1 Å². The Morgan fingerprint density at radius 1 is 1.31 bits per heavy atom. The maximum Gasteiger partial charge on any atom is 0.248 e. The highest BCUT2D eigenvalue weighted by molar-refractivity contribution is 7.13. The van der Waals surface area contributed by atoms with Gasteiger partial charge in [-0.15, -0.1) is 11.3 Å². The molecule has 136 valence electrons. The molecule has 0 saturated carbocycles. The molecular weight excluding hydrogens is 376 g/mol. The summed E-state index contributed by atoms with van der Waals surface area (Å²) < 4.78 is 0. The normalized spacial score (nSPS) is 16.2. The molecule has 1 aliphatic heterocycles. The Hall–Kier alpha value is -2.45. The molecule has 1 aromatic carbocycles. The van der Waals surface area contributed by atoms with Crippen LogP contribution in [0.15, 0.2) is 29.6 Å². The van der Waals surface area contributed by atoms with Crippen LogP contribution >= 0.6 is 22.9 Å². The molecule has 1 aliphatic rings. The second-order valence-electron chi connectivity index (χ2n) is 5.87. The van der Waals surface area contributed by atoms with E-state index in [2.05, 4.69) is 20.9 Å². The second kappa shape index (κ2) is 8.29. The van der Waals surface area contributed by atoms with Crippen molar-refractivity contribution >= 4 is 45.8 Å². The van der Waals surface area contributed by atoms with Crippen molar-refractivity contribution in [1.82, 2.24) is 15.6 Å². The number of aromatic nitrogens is 1. The summed E-state index contributed by atoms with van der Waals surface area (Å²) in [4.78, 5) is 39.5. The zero-order valence-electron chi connectivity index (χ0n) is 13.8. The molecule has 1 fully saturated rings. The molecule has 3 amide bonds. The van der Waals surface area contributed by atoms with Gasteiger partial charge in [0.15, 0.2) is 5.13 Å². The summed E-state index contributed by atoms with van der Waals surface area (Å²) in [5.74, 6) is -0.572. The van der Waals surface area contributed by atoms with Gasteiger partial charge in [0.1, 0.15) is 6.04 Å². The van der Waals surface area contributed by atoms with Crippen LogP contribution in [0.4, 0.5) is 5.13 Å². The number of nitrogens with one attached hydrogen (secondary N) is 3. The molecular formula is C17H17ClN4O3S. The second-order valence-corrected chi connectivity index (χ2v) is 7.17. The summed E-state index contributed by atoms with van der Waals surface area (Å²) >= 11 is 7.07. The smallest absolute Gasteiger partial charge is 0.248 e. The average Bonchev–Trinajstić information content (AvgIpc) is 3.23. The van der Waals surface area contributed by atoms with Gasteiger partial charge in [0.25, 0.3) is 0 Å². The lowest BCUT2D eigenvalue weighted by Gasteiger charge is -2.08. The van der Waals surface area contributed by atoms with Gasteiger partial charge < -0.3 is 16.0 Å². The van der Waals surface area contributed by atoms with Gasteiger partial charge in [-0.25, -0.2) is 4.98 Å². The monoisotopic (exact) mass is 392 g/mol. The molecule has 3 rings (SSSR count). The van der Waals surface area contributed by atoms with Crippen molar-refractivity contribution < 1.29 is 14.4 Å². The zero-order chi connectivity index (χ0) is 18.5.